The Kier molecular flexibility index (Phi) is 9.64. The smallest absolute Gasteiger partial charge is 0.123 e. The molecule has 0 amide bonds. The summed E-state index contributed by atoms with van der Waals surface area (Å²) in [5.74, 6) is 0.594. The molecule has 0 fully saturated rings. The van der Waals surface area contributed by atoms with Crippen molar-refractivity contribution >= 4 is 11.1 Å². The van der Waals surface area contributed by atoms with Crippen molar-refractivity contribution in [1.29, 1.82) is 0 Å². The van der Waals surface area contributed by atoms with Crippen molar-refractivity contribution in [1.82, 2.24) is 4.90 Å². The minimum absolute atomic E-state index is 0.246. The lowest BCUT2D eigenvalue weighted by atomic mass is 9.88. The summed E-state index contributed by atoms with van der Waals surface area (Å²) in [6, 6.07) is 35.5. The van der Waals surface area contributed by atoms with E-state index in [1.165, 1.54) is 12.1 Å². The third kappa shape index (κ3) is 7.88. The molecular weight excluding hydrogens is 461 g/mol. The number of hydrogen-bond donors (Lipinski definition) is 0. The average molecular weight is 496 g/mol. The maximum atomic E-state index is 13.8. The van der Waals surface area contributed by atoms with E-state index in [2.05, 4.69) is 41.3 Å². The van der Waals surface area contributed by atoms with Crippen molar-refractivity contribution in [2.24, 2.45) is 0 Å². The van der Waals surface area contributed by atoms with Crippen LogP contribution in [0.15, 0.2) is 109 Å². The minimum Gasteiger partial charge on any atom is -0.492 e. The molecule has 4 heteroatoms. The van der Waals surface area contributed by atoms with Crippen LogP contribution in [0.3, 0.4) is 0 Å². The summed E-state index contributed by atoms with van der Waals surface area (Å²) in [6.07, 6.45) is 0.684. The quantitative estimate of drug-likeness (QED) is 0.152. The highest BCUT2D eigenvalue weighted by Crippen LogP contribution is 2.35. The summed E-state index contributed by atoms with van der Waals surface area (Å²) in [4.78, 5) is 2.10. The van der Waals surface area contributed by atoms with Gasteiger partial charge in [0.2, 0.25) is 0 Å². The second-order valence-corrected chi connectivity index (χ2v) is 9.19. The molecule has 190 valence electrons. The number of halogens is 1. The van der Waals surface area contributed by atoms with E-state index >= 15 is 0 Å². The van der Waals surface area contributed by atoms with Gasteiger partial charge in [-0.25, -0.2) is 4.39 Å². The zero-order valence-corrected chi connectivity index (χ0v) is 21.6. The number of likely N-dealkylation sites (N-methyl/N-ethyl adjacent to an activating group) is 1. The molecular formula is C33H34FNO2. The normalized spacial score (nSPS) is 11.9. The lowest BCUT2D eigenvalue weighted by molar-refractivity contribution is 0.126. The molecule has 0 heterocycles. The molecule has 0 aliphatic rings. The van der Waals surface area contributed by atoms with Crippen molar-refractivity contribution in [3.8, 4) is 5.75 Å². The van der Waals surface area contributed by atoms with Gasteiger partial charge >= 0.3 is 0 Å². The van der Waals surface area contributed by atoms with E-state index in [1.54, 1.807) is 0 Å². The van der Waals surface area contributed by atoms with Crippen LogP contribution in [-0.4, -0.2) is 38.8 Å². The van der Waals surface area contributed by atoms with Gasteiger partial charge in [0.15, 0.2) is 0 Å². The van der Waals surface area contributed by atoms with Gasteiger partial charge in [-0.15, -0.1) is 0 Å². The van der Waals surface area contributed by atoms with Crippen LogP contribution in [0.4, 0.5) is 4.39 Å². The molecule has 37 heavy (non-hydrogen) atoms. The van der Waals surface area contributed by atoms with Crippen molar-refractivity contribution in [2.45, 2.75) is 13.0 Å². The lowest BCUT2D eigenvalue weighted by Crippen LogP contribution is -2.19. The van der Waals surface area contributed by atoms with Crippen LogP contribution in [0.5, 0.6) is 5.75 Å². The summed E-state index contributed by atoms with van der Waals surface area (Å²) >= 11 is 0. The number of nitrogens with zero attached hydrogens (tertiary/aromatic N) is 1. The van der Waals surface area contributed by atoms with Gasteiger partial charge in [0.05, 0.1) is 13.2 Å². The molecule has 4 aromatic carbocycles. The molecule has 0 N–H and O–H groups in total. The molecule has 0 aliphatic heterocycles. The molecule has 0 saturated heterocycles. The molecule has 0 aliphatic carbocycles. The average Bonchev–Trinajstić information content (AvgIpc) is 2.92. The van der Waals surface area contributed by atoms with Gasteiger partial charge in [-0.1, -0.05) is 84.9 Å². The van der Waals surface area contributed by atoms with Crippen molar-refractivity contribution in [2.75, 3.05) is 33.9 Å². The number of hydrogen-bond acceptors (Lipinski definition) is 3. The Labute approximate surface area is 219 Å². The van der Waals surface area contributed by atoms with Crippen LogP contribution in [-0.2, 0) is 11.3 Å². The van der Waals surface area contributed by atoms with E-state index in [-0.39, 0.29) is 5.82 Å². The Morgan fingerprint density at radius 2 is 1.27 bits per heavy atom. The molecule has 0 spiro atoms. The van der Waals surface area contributed by atoms with E-state index in [0.29, 0.717) is 26.2 Å². The minimum atomic E-state index is -0.246. The van der Waals surface area contributed by atoms with Crippen LogP contribution >= 0.6 is 0 Å². The fourth-order valence-electron chi connectivity index (χ4n) is 4.19. The molecule has 3 nitrogen and oxygen atoms in total. The van der Waals surface area contributed by atoms with Crippen LogP contribution in [0.25, 0.3) is 11.1 Å². The zero-order valence-electron chi connectivity index (χ0n) is 21.6. The summed E-state index contributed by atoms with van der Waals surface area (Å²) in [7, 11) is 4.06. The topological polar surface area (TPSA) is 21.7 Å². The Balaban J connectivity index is 1.67. The third-order valence-electron chi connectivity index (χ3n) is 6.12. The molecule has 0 atom stereocenters. The molecule has 0 unspecified atom stereocenters. The van der Waals surface area contributed by atoms with Gasteiger partial charge in [-0.05, 0) is 78.2 Å². The van der Waals surface area contributed by atoms with Gasteiger partial charge in [0, 0.05) is 6.54 Å². The summed E-state index contributed by atoms with van der Waals surface area (Å²) in [6.45, 7) is 2.59. The summed E-state index contributed by atoms with van der Waals surface area (Å²) in [5, 5.41) is 0. The van der Waals surface area contributed by atoms with Gasteiger partial charge in [-0.2, -0.15) is 0 Å². The van der Waals surface area contributed by atoms with Gasteiger partial charge in [0.25, 0.3) is 0 Å². The predicted octanol–water partition coefficient (Wildman–Crippen LogP) is 7.33. The predicted molar refractivity (Wildman–Crippen MR) is 150 cm³/mol. The number of ether oxygens (including phenoxy) is 2. The number of rotatable bonds is 12. The highest BCUT2D eigenvalue weighted by molar-refractivity contribution is 5.98. The third-order valence-corrected chi connectivity index (χ3v) is 6.12. The molecule has 0 saturated carbocycles. The summed E-state index contributed by atoms with van der Waals surface area (Å²) < 4.78 is 25.8. The highest BCUT2D eigenvalue weighted by Gasteiger charge is 2.15. The Morgan fingerprint density at radius 3 is 1.92 bits per heavy atom. The van der Waals surface area contributed by atoms with Gasteiger partial charge in [-0.3, -0.25) is 0 Å². The summed E-state index contributed by atoms with van der Waals surface area (Å²) in [5.41, 5.74) is 6.52. The first-order valence-corrected chi connectivity index (χ1v) is 12.6. The molecule has 4 aromatic rings. The molecule has 0 bridgehead atoms. The first-order chi connectivity index (χ1) is 18.1. The second kappa shape index (κ2) is 13.5. The van der Waals surface area contributed by atoms with Crippen molar-refractivity contribution < 1.29 is 13.9 Å². The van der Waals surface area contributed by atoms with Crippen molar-refractivity contribution in [3.05, 3.63) is 137 Å². The van der Waals surface area contributed by atoms with E-state index in [0.717, 1.165) is 45.7 Å². The van der Waals surface area contributed by atoms with Crippen LogP contribution < -0.4 is 4.74 Å². The van der Waals surface area contributed by atoms with Crippen molar-refractivity contribution in [3.63, 3.8) is 0 Å². The first-order valence-electron chi connectivity index (χ1n) is 12.6. The molecule has 4 rings (SSSR count). The second-order valence-electron chi connectivity index (χ2n) is 9.19. The van der Waals surface area contributed by atoms with Gasteiger partial charge < -0.3 is 14.4 Å². The Hall–Kier alpha value is -3.73. The largest absolute Gasteiger partial charge is 0.492 e. The maximum absolute atomic E-state index is 13.8. The van der Waals surface area contributed by atoms with Crippen LogP contribution in [0.2, 0.25) is 0 Å². The first kappa shape index (κ1) is 26.3. The van der Waals surface area contributed by atoms with E-state index in [9.17, 15) is 4.39 Å². The fourth-order valence-corrected chi connectivity index (χ4v) is 4.19. The van der Waals surface area contributed by atoms with Gasteiger partial charge in [0.1, 0.15) is 18.2 Å². The highest BCUT2D eigenvalue weighted by atomic mass is 19.1. The Bertz CT molecular complexity index is 1250. The van der Waals surface area contributed by atoms with E-state index in [4.69, 9.17) is 9.47 Å². The van der Waals surface area contributed by atoms with E-state index < -0.39 is 0 Å². The monoisotopic (exact) mass is 495 g/mol. The fraction of sp³-hybridized carbons (Fsp3) is 0.212. The molecule has 0 radical (unpaired) electrons. The number of benzene rings is 4. The lowest BCUT2D eigenvalue weighted by Gasteiger charge is -2.18. The van der Waals surface area contributed by atoms with E-state index in [1.807, 2.05) is 74.8 Å². The maximum Gasteiger partial charge on any atom is 0.123 e. The SMILES string of the molecule is CN(C)CCOc1ccc(C(=C(CCOCc2ccccc2)c2ccc(F)cc2)c2ccccc2)cc1. The molecule has 0 aromatic heterocycles. The van der Waals surface area contributed by atoms with Crippen LogP contribution in [0, 0.1) is 5.82 Å². The Morgan fingerprint density at radius 1 is 0.676 bits per heavy atom. The standard InChI is InChI=1S/C33H34FNO2/c1-35(2)22-24-37-31-19-15-29(16-20-31)33(28-11-7-4-8-12-28)32(27-13-17-30(34)18-14-27)21-23-36-25-26-9-5-3-6-10-26/h3-20H,21-25H2,1-2H3. The zero-order chi connectivity index (χ0) is 25.9. The van der Waals surface area contributed by atoms with Crippen LogP contribution in [0.1, 0.15) is 28.7 Å².